The summed E-state index contributed by atoms with van der Waals surface area (Å²) in [5.74, 6) is 0.374. The van der Waals surface area contributed by atoms with Crippen LogP contribution in [0.1, 0.15) is 22.5 Å². The largest absolute Gasteiger partial charge is 0.382 e. The number of nitrogens with two attached hydrogens (primary N) is 2. The van der Waals surface area contributed by atoms with Crippen molar-refractivity contribution in [2.45, 2.75) is 13.3 Å². The second-order valence-corrected chi connectivity index (χ2v) is 4.00. The first-order chi connectivity index (χ1) is 8.61. The number of hydrogen-bond acceptors (Lipinski definition) is 5. The van der Waals surface area contributed by atoms with Crippen LogP contribution in [0.4, 0.5) is 11.6 Å². The van der Waals surface area contributed by atoms with E-state index in [2.05, 4.69) is 9.97 Å². The minimum Gasteiger partial charge on any atom is -0.382 e. The third kappa shape index (κ3) is 2.23. The molecule has 0 saturated carbocycles. The summed E-state index contributed by atoms with van der Waals surface area (Å²) in [5.41, 5.74) is 14.4. The van der Waals surface area contributed by atoms with E-state index in [9.17, 15) is 0 Å². The SMILES string of the molecule is Cc1ccccc1Cc1nc(N)c(C#N)nc1N. The molecule has 1 aromatic heterocycles. The van der Waals surface area contributed by atoms with Crippen molar-refractivity contribution in [1.82, 2.24) is 9.97 Å². The molecule has 0 fully saturated rings. The monoisotopic (exact) mass is 239 g/mol. The van der Waals surface area contributed by atoms with Gasteiger partial charge in [-0.15, -0.1) is 0 Å². The number of benzene rings is 1. The fourth-order valence-corrected chi connectivity index (χ4v) is 1.70. The van der Waals surface area contributed by atoms with Crippen LogP contribution in [0.15, 0.2) is 24.3 Å². The molecular formula is C13H13N5. The molecule has 5 nitrogen and oxygen atoms in total. The molecule has 5 heteroatoms. The summed E-state index contributed by atoms with van der Waals surface area (Å²) in [6, 6.07) is 9.82. The van der Waals surface area contributed by atoms with Gasteiger partial charge in [-0.25, -0.2) is 9.97 Å². The molecule has 0 spiro atoms. The molecule has 18 heavy (non-hydrogen) atoms. The Bertz CT molecular complexity index is 628. The van der Waals surface area contributed by atoms with E-state index in [4.69, 9.17) is 16.7 Å². The van der Waals surface area contributed by atoms with Gasteiger partial charge in [0.05, 0.1) is 5.69 Å². The average Bonchev–Trinajstić information content (AvgIpc) is 2.36. The summed E-state index contributed by atoms with van der Waals surface area (Å²) >= 11 is 0. The fourth-order valence-electron chi connectivity index (χ4n) is 1.70. The molecule has 0 aliphatic heterocycles. The van der Waals surface area contributed by atoms with Gasteiger partial charge in [0, 0.05) is 6.42 Å². The van der Waals surface area contributed by atoms with Crippen molar-refractivity contribution in [3.8, 4) is 6.07 Å². The lowest BCUT2D eigenvalue weighted by molar-refractivity contribution is 1.03. The van der Waals surface area contributed by atoms with Crippen LogP contribution in [-0.4, -0.2) is 9.97 Å². The molecule has 2 rings (SSSR count). The molecule has 0 aliphatic rings. The molecule has 0 bridgehead atoms. The number of nitrogen functional groups attached to an aromatic ring is 2. The Labute approximate surface area is 105 Å². The first-order valence-electron chi connectivity index (χ1n) is 5.48. The van der Waals surface area contributed by atoms with Crippen LogP contribution in [0.2, 0.25) is 0 Å². The summed E-state index contributed by atoms with van der Waals surface area (Å²) in [7, 11) is 0. The quantitative estimate of drug-likeness (QED) is 0.825. The average molecular weight is 239 g/mol. The van der Waals surface area contributed by atoms with E-state index in [1.165, 1.54) is 0 Å². The van der Waals surface area contributed by atoms with Crippen LogP contribution in [0, 0.1) is 18.3 Å². The van der Waals surface area contributed by atoms with Gasteiger partial charge in [0.25, 0.3) is 0 Å². The summed E-state index contributed by atoms with van der Waals surface area (Å²) in [6.45, 7) is 2.02. The van der Waals surface area contributed by atoms with Crippen LogP contribution in [0.3, 0.4) is 0 Å². The standard InChI is InChI=1S/C13H13N5/c1-8-4-2-3-5-9(8)6-10-12(15)18-11(7-14)13(16)17-10/h2-5H,6H2,1H3,(H2,15,18)(H2,16,17). The maximum Gasteiger partial charge on any atom is 0.184 e. The molecular weight excluding hydrogens is 226 g/mol. The summed E-state index contributed by atoms with van der Waals surface area (Å²) in [6.07, 6.45) is 0.557. The molecule has 0 atom stereocenters. The smallest absolute Gasteiger partial charge is 0.184 e. The van der Waals surface area contributed by atoms with Gasteiger partial charge in [-0.05, 0) is 18.1 Å². The predicted molar refractivity (Wildman–Crippen MR) is 69.6 cm³/mol. The van der Waals surface area contributed by atoms with E-state index in [0.717, 1.165) is 11.1 Å². The summed E-state index contributed by atoms with van der Waals surface area (Å²) < 4.78 is 0. The van der Waals surface area contributed by atoms with Crippen LogP contribution in [0.25, 0.3) is 0 Å². The molecule has 90 valence electrons. The molecule has 2 aromatic rings. The molecule has 4 N–H and O–H groups in total. The maximum absolute atomic E-state index is 8.78. The summed E-state index contributed by atoms with van der Waals surface area (Å²) in [4.78, 5) is 8.09. The van der Waals surface area contributed by atoms with E-state index in [1.54, 1.807) is 0 Å². The van der Waals surface area contributed by atoms with E-state index in [-0.39, 0.29) is 17.3 Å². The topological polar surface area (TPSA) is 102 Å². The Balaban J connectivity index is 2.39. The fraction of sp³-hybridized carbons (Fsp3) is 0.154. The van der Waals surface area contributed by atoms with Crippen molar-refractivity contribution in [2.24, 2.45) is 0 Å². The Kier molecular flexibility index (Phi) is 3.11. The molecule has 0 amide bonds. The normalized spacial score (nSPS) is 10.0. The van der Waals surface area contributed by atoms with Crippen molar-refractivity contribution in [3.05, 3.63) is 46.8 Å². The van der Waals surface area contributed by atoms with Crippen molar-refractivity contribution >= 4 is 11.6 Å². The van der Waals surface area contributed by atoms with Gasteiger partial charge in [-0.1, -0.05) is 24.3 Å². The maximum atomic E-state index is 8.78. The highest BCUT2D eigenvalue weighted by atomic mass is 15.0. The zero-order valence-corrected chi connectivity index (χ0v) is 10.0. The predicted octanol–water partition coefficient (Wildman–Crippen LogP) is 1.41. The Morgan fingerprint density at radius 1 is 1.17 bits per heavy atom. The van der Waals surface area contributed by atoms with Crippen LogP contribution in [-0.2, 0) is 6.42 Å². The van der Waals surface area contributed by atoms with Crippen LogP contribution in [0.5, 0.6) is 0 Å². The highest BCUT2D eigenvalue weighted by Crippen LogP contribution is 2.18. The van der Waals surface area contributed by atoms with Crippen molar-refractivity contribution < 1.29 is 0 Å². The lowest BCUT2D eigenvalue weighted by Crippen LogP contribution is -2.08. The minimum atomic E-state index is 0.0704. The highest BCUT2D eigenvalue weighted by Gasteiger charge is 2.10. The van der Waals surface area contributed by atoms with Crippen molar-refractivity contribution in [2.75, 3.05) is 11.5 Å². The molecule has 1 aromatic carbocycles. The van der Waals surface area contributed by atoms with E-state index in [0.29, 0.717) is 12.1 Å². The number of aromatic nitrogens is 2. The number of nitrogens with zero attached hydrogens (tertiary/aromatic N) is 3. The molecule has 1 heterocycles. The van der Waals surface area contributed by atoms with Crippen molar-refractivity contribution in [1.29, 1.82) is 5.26 Å². The number of hydrogen-bond donors (Lipinski definition) is 2. The molecule has 0 aliphatic carbocycles. The number of nitriles is 1. The van der Waals surface area contributed by atoms with E-state index >= 15 is 0 Å². The second-order valence-electron chi connectivity index (χ2n) is 4.00. The third-order valence-electron chi connectivity index (χ3n) is 2.75. The Morgan fingerprint density at radius 3 is 2.56 bits per heavy atom. The second kappa shape index (κ2) is 4.72. The van der Waals surface area contributed by atoms with Crippen molar-refractivity contribution in [3.63, 3.8) is 0 Å². The van der Waals surface area contributed by atoms with Crippen LogP contribution >= 0.6 is 0 Å². The number of aryl methyl sites for hydroxylation is 1. The van der Waals surface area contributed by atoms with Gasteiger partial charge in [0.15, 0.2) is 11.5 Å². The zero-order chi connectivity index (χ0) is 13.1. The van der Waals surface area contributed by atoms with Crippen LogP contribution < -0.4 is 11.5 Å². The number of rotatable bonds is 2. The van der Waals surface area contributed by atoms with E-state index in [1.807, 2.05) is 37.3 Å². The molecule has 0 radical (unpaired) electrons. The Hall–Kier alpha value is -2.61. The lowest BCUT2D eigenvalue weighted by atomic mass is 10.0. The van der Waals surface area contributed by atoms with Gasteiger partial charge < -0.3 is 11.5 Å². The third-order valence-corrected chi connectivity index (χ3v) is 2.75. The molecule has 0 saturated heterocycles. The Morgan fingerprint density at radius 2 is 1.89 bits per heavy atom. The minimum absolute atomic E-state index is 0.0704. The van der Waals surface area contributed by atoms with E-state index < -0.39 is 0 Å². The first-order valence-corrected chi connectivity index (χ1v) is 5.48. The number of anilines is 2. The highest BCUT2D eigenvalue weighted by molar-refractivity contribution is 5.51. The molecule has 0 unspecified atom stereocenters. The van der Waals surface area contributed by atoms with Gasteiger partial charge in [0.1, 0.15) is 11.9 Å². The zero-order valence-electron chi connectivity index (χ0n) is 10.0. The van der Waals surface area contributed by atoms with Gasteiger partial charge in [-0.3, -0.25) is 0 Å². The first kappa shape index (κ1) is 11.9. The lowest BCUT2D eigenvalue weighted by Gasteiger charge is -2.08. The van der Waals surface area contributed by atoms with Gasteiger partial charge in [-0.2, -0.15) is 5.26 Å². The summed E-state index contributed by atoms with van der Waals surface area (Å²) in [5, 5.41) is 8.78. The van der Waals surface area contributed by atoms with Gasteiger partial charge in [0.2, 0.25) is 0 Å². The van der Waals surface area contributed by atoms with Gasteiger partial charge >= 0.3 is 0 Å².